The third-order valence-corrected chi connectivity index (χ3v) is 4.16. The van der Waals surface area contributed by atoms with Crippen molar-refractivity contribution < 1.29 is 4.39 Å². The van der Waals surface area contributed by atoms with Crippen molar-refractivity contribution in [2.24, 2.45) is 0 Å². The van der Waals surface area contributed by atoms with Crippen LogP contribution in [0.5, 0.6) is 0 Å². The van der Waals surface area contributed by atoms with Gasteiger partial charge in [-0.05, 0) is 42.7 Å². The van der Waals surface area contributed by atoms with Gasteiger partial charge >= 0.3 is 0 Å². The van der Waals surface area contributed by atoms with E-state index in [0.29, 0.717) is 29.1 Å². The molecule has 1 aromatic heterocycles. The van der Waals surface area contributed by atoms with Gasteiger partial charge in [-0.2, -0.15) is 5.26 Å². The summed E-state index contributed by atoms with van der Waals surface area (Å²) in [5.41, 5.74) is 8.61. The summed E-state index contributed by atoms with van der Waals surface area (Å²) in [7, 11) is 0. The maximum Gasteiger partial charge on any atom is 0.220 e. The van der Waals surface area contributed by atoms with Crippen molar-refractivity contribution in [3.8, 4) is 17.3 Å². The Morgan fingerprint density at radius 3 is 2.60 bits per heavy atom. The van der Waals surface area contributed by atoms with Crippen molar-refractivity contribution >= 4 is 17.5 Å². The third-order valence-electron chi connectivity index (χ3n) is 3.79. The van der Waals surface area contributed by atoms with E-state index in [0.717, 1.165) is 11.3 Å². The number of nitrogens with zero attached hydrogens (tertiary/aromatic N) is 3. The summed E-state index contributed by atoms with van der Waals surface area (Å²) in [6, 6.07) is 15.5. The molecule has 124 valence electrons. The number of rotatable bonds is 4. The Morgan fingerprint density at radius 2 is 1.88 bits per heavy atom. The summed E-state index contributed by atoms with van der Waals surface area (Å²) in [6.45, 7) is 0. The Kier molecular flexibility index (Phi) is 4.92. The summed E-state index contributed by atoms with van der Waals surface area (Å²) >= 11 is 6.17. The molecule has 4 nitrogen and oxygen atoms in total. The van der Waals surface area contributed by atoms with Gasteiger partial charge in [0.25, 0.3) is 0 Å². The van der Waals surface area contributed by atoms with E-state index >= 15 is 0 Å². The summed E-state index contributed by atoms with van der Waals surface area (Å²) in [6.07, 6.45) is 1.33. The topological polar surface area (TPSA) is 75.6 Å². The van der Waals surface area contributed by atoms with E-state index in [1.807, 2.05) is 24.3 Å². The Labute approximate surface area is 149 Å². The molecule has 0 aliphatic rings. The highest BCUT2D eigenvalue weighted by molar-refractivity contribution is 6.31. The molecule has 0 fully saturated rings. The molecular weight excluding hydrogens is 339 g/mol. The summed E-state index contributed by atoms with van der Waals surface area (Å²) in [5.74, 6) is -0.466. The van der Waals surface area contributed by atoms with Gasteiger partial charge < -0.3 is 5.73 Å². The van der Waals surface area contributed by atoms with Crippen LogP contribution in [0.25, 0.3) is 11.3 Å². The fourth-order valence-corrected chi connectivity index (χ4v) is 2.75. The van der Waals surface area contributed by atoms with Gasteiger partial charge in [0.2, 0.25) is 5.95 Å². The lowest BCUT2D eigenvalue weighted by atomic mass is 10.1. The molecular formula is C19H14ClFN4. The fraction of sp³-hybridized carbons (Fsp3) is 0.105. The lowest BCUT2D eigenvalue weighted by Gasteiger charge is -2.08. The molecule has 0 aliphatic carbocycles. The zero-order valence-corrected chi connectivity index (χ0v) is 14.0. The molecule has 0 unspecified atom stereocenters. The first kappa shape index (κ1) is 16.9. The molecule has 2 N–H and O–H groups in total. The van der Waals surface area contributed by atoms with Crippen LogP contribution in [0.4, 0.5) is 10.3 Å². The summed E-state index contributed by atoms with van der Waals surface area (Å²) < 4.78 is 13.8. The van der Waals surface area contributed by atoms with Gasteiger partial charge in [-0.15, -0.1) is 0 Å². The predicted octanol–water partition coefficient (Wildman–Crippen LogP) is 4.18. The summed E-state index contributed by atoms with van der Waals surface area (Å²) in [4.78, 5) is 8.40. The highest BCUT2D eigenvalue weighted by atomic mass is 35.5. The third kappa shape index (κ3) is 3.93. The molecule has 1 heterocycles. The molecule has 0 bridgehead atoms. The van der Waals surface area contributed by atoms with E-state index in [1.54, 1.807) is 18.2 Å². The van der Waals surface area contributed by atoms with Gasteiger partial charge in [0.05, 0.1) is 11.3 Å². The van der Waals surface area contributed by atoms with Crippen molar-refractivity contribution in [2.75, 3.05) is 5.73 Å². The van der Waals surface area contributed by atoms with Crippen molar-refractivity contribution in [1.29, 1.82) is 5.26 Å². The second-order valence-electron chi connectivity index (χ2n) is 5.50. The number of nitrogens with two attached hydrogens (primary N) is 1. The second kappa shape index (κ2) is 7.29. The van der Waals surface area contributed by atoms with E-state index in [1.165, 1.54) is 12.1 Å². The minimum absolute atomic E-state index is 0.00952. The minimum Gasteiger partial charge on any atom is -0.368 e. The second-order valence-corrected chi connectivity index (χ2v) is 5.91. The first-order chi connectivity index (χ1) is 12.1. The molecule has 0 spiro atoms. The van der Waals surface area contributed by atoms with E-state index in [9.17, 15) is 4.39 Å². The van der Waals surface area contributed by atoms with Crippen molar-refractivity contribution in [2.45, 2.75) is 12.8 Å². The SMILES string of the molecule is N#Cc1ccc(-c2cc(CCc3ccccc3Cl)nc(N)n2)cc1F. The highest BCUT2D eigenvalue weighted by Gasteiger charge is 2.09. The van der Waals surface area contributed by atoms with Crippen molar-refractivity contribution in [3.63, 3.8) is 0 Å². The van der Waals surface area contributed by atoms with E-state index in [4.69, 9.17) is 22.6 Å². The lowest BCUT2D eigenvalue weighted by molar-refractivity contribution is 0.624. The number of hydrogen-bond donors (Lipinski definition) is 1. The van der Waals surface area contributed by atoms with Gasteiger partial charge in [0.1, 0.15) is 11.9 Å². The Morgan fingerprint density at radius 1 is 1.08 bits per heavy atom. The van der Waals surface area contributed by atoms with E-state index in [2.05, 4.69) is 9.97 Å². The summed E-state index contributed by atoms with van der Waals surface area (Å²) in [5, 5.41) is 9.53. The molecule has 0 saturated carbocycles. The Balaban J connectivity index is 1.87. The van der Waals surface area contributed by atoms with Gasteiger partial charge in [-0.25, -0.2) is 14.4 Å². The number of nitriles is 1. The smallest absolute Gasteiger partial charge is 0.220 e. The fourth-order valence-electron chi connectivity index (χ4n) is 2.52. The number of aromatic nitrogens is 2. The standard InChI is InChI=1S/C19H14ClFN4/c20-16-4-2-1-3-12(16)7-8-15-10-18(25-19(23)24-15)13-5-6-14(11-22)17(21)9-13/h1-6,9-10H,7-8H2,(H2,23,24,25). The van der Waals surface area contributed by atoms with Crippen molar-refractivity contribution in [3.05, 3.63) is 76.2 Å². The van der Waals surface area contributed by atoms with Crippen molar-refractivity contribution in [1.82, 2.24) is 9.97 Å². The molecule has 2 aromatic carbocycles. The van der Waals surface area contributed by atoms with Crippen LogP contribution in [0.3, 0.4) is 0 Å². The first-order valence-corrected chi connectivity index (χ1v) is 8.01. The van der Waals surface area contributed by atoms with Crippen LogP contribution in [0.2, 0.25) is 5.02 Å². The Hall–Kier alpha value is -2.97. The lowest BCUT2D eigenvalue weighted by Crippen LogP contribution is -2.03. The van der Waals surface area contributed by atoms with Crippen LogP contribution < -0.4 is 5.73 Å². The van der Waals surface area contributed by atoms with Crippen LogP contribution in [-0.2, 0) is 12.8 Å². The molecule has 6 heteroatoms. The molecule has 0 saturated heterocycles. The Bertz CT molecular complexity index is 966. The van der Waals surface area contributed by atoms with Crippen LogP contribution in [0, 0.1) is 17.1 Å². The van der Waals surface area contributed by atoms with E-state index < -0.39 is 5.82 Å². The minimum atomic E-state index is -0.588. The number of halogens is 2. The molecule has 3 aromatic rings. The largest absolute Gasteiger partial charge is 0.368 e. The molecule has 0 atom stereocenters. The zero-order chi connectivity index (χ0) is 17.8. The first-order valence-electron chi connectivity index (χ1n) is 7.63. The van der Waals surface area contributed by atoms with Gasteiger partial charge in [0.15, 0.2) is 0 Å². The predicted molar refractivity (Wildman–Crippen MR) is 95.4 cm³/mol. The normalized spacial score (nSPS) is 10.4. The average molecular weight is 353 g/mol. The quantitative estimate of drug-likeness (QED) is 0.764. The van der Waals surface area contributed by atoms with Gasteiger partial charge in [0, 0.05) is 16.3 Å². The maximum atomic E-state index is 13.8. The molecule has 25 heavy (non-hydrogen) atoms. The average Bonchev–Trinajstić information content (AvgIpc) is 2.60. The van der Waals surface area contributed by atoms with Crippen LogP contribution in [0.15, 0.2) is 48.5 Å². The number of hydrogen-bond acceptors (Lipinski definition) is 4. The van der Waals surface area contributed by atoms with Gasteiger partial charge in [-0.3, -0.25) is 0 Å². The molecule has 0 aliphatic heterocycles. The zero-order valence-electron chi connectivity index (χ0n) is 13.2. The molecule has 0 radical (unpaired) electrons. The van der Waals surface area contributed by atoms with E-state index in [-0.39, 0.29) is 11.5 Å². The molecule has 0 amide bonds. The number of benzene rings is 2. The molecule has 3 rings (SSSR count). The van der Waals surface area contributed by atoms with Crippen LogP contribution in [0.1, 0.15) is 16.8 Å². The monoisotopic (exact) mass is 352 g/mol. The maximum absolute atomic E-state index is 13.8. The highest BCUT2D eigenvalue weighted by Crippen LogP contribution is 2.23. The van der Waals surface area contributed by atoms with Gasteiger partial charge in [-0.1, -0.05) is 35.9 Å². The van der Waals surface area contributed by atoms with Crippen LogP contribution in [-0.4, -0.2) is 9.97 Å². The van der Waals surface area contributed by atoms with Crippen LogP contribution >= 0.6 is 11.6 Å². The number of nitrogen functional groups attached to an aromatic ring is 1. The number of aryl methyl sites for hydroxylation is 2. The number of anilines is 1.